The first-order valence-electron chi connectivity index (χ1n) is 6.96. The molecule has 0 radical (unpaired) electrons. The van der Waals surface area contributed by atoms with Gasteiger partial charge < -0.3 is 5.73 Å². The van der Waals surface area contributed by atoms with Crippen LogP contribution in [0.15, 0.2) is 27.6 Å². The molecular formula is C15H20BrN3OS. The molecule has 0 fully saturated rings. The number of hydrogen-bond donors (Lipinski definition) is 1. The van der Waals surface area contributed by atoms with Crippen LogP contribution in [0.1, 0.15) is 30.8 Å². The lowest BCUT2D eigenvalue weighted by Crippen LogP contribution is -2.07. The maximum absolute atomic E-state index is 12.7. The largest absolute Gasteiger partial charge is 0.399 e. The summed E-state index contributed by atoms with van der Waals surface area (Å²) in [6.45, 7) is 6.82. The van der Waals surface area contributed by atoms with Crippen LogP contribution in [0.25, 0.3) is 0 Å². The SMILES string of the molecule is CCc1nn(CC)c(CS(=O)c2cc(N)ccc2C)c1Br. The summed E-state index contributed by atoms with van der Waals surface area (Å²) < 4.78 is 15.6. The highest BCUT2D eigenvalue weighted by molar-refractivity contribution is 9.10. The molecule has 0 amide bonds. The first-order valence-corrected chi connectivity index (χ1v) is 9.07. The minimum Gasteiger partial charge on any atom is -0.399 e. The maximum atomic E-state index is 12.7. The third-order valence-corrected chi connectivity index (χ3v) is 5.80. The molecule has 0 aliphatic rings. The van der Waals surface area contributed by atoms with E-state index in [0.717, 1.165) is 39.3 Å². The number of benzene rings is 1. The van der Waals surface area contributed by atoms with Gasteiger partial charge in [-0.1, -0.05) is 13.0 Å². The lowest BCUT2D eigenvalue weighted by Gasteiger charge is -2.09. The Kier molecular flexibility index (Phi) is 5.22. The molecule has 0 spiro atoms. The average Bonchev–Trinajstić information content (AvgIpc) is 2.77. The lowest BCUT2D eigenvalue weighted by molar-refractivity contribution is 0.623. The molecule has 21 heavy (non-hydrogen) atoms. The summed E-state index contributed by atoms with van der Waals surface area (Å²) in [5.41, 5.74) is 9.43. The quantitative estimate of drug-likeness (QED) is 0.821. The Morgan fingerprint density at radius 2 is 2.10 bits per heavy atom. The number of halogens is 1. The zero-order valence-electron chi connectivity index (χ0n) is 12.5. The van der Waals surface area contributed by atoms with Crippen LogP contribution in [0, 0.1) is 6.92 Å². The van der Waals surface area contributed by atoms with Crippen molar-refractivity contribution >= 4 is 32.4 Å². The number of nitrogens with two attached hydrogens (primary N) is 1. The fourth-order valence-corrected chi connectivity index (χ4v) is 4.50. The topological polar surface area (TPSA) is 60.9 Å². The van der Waals surface area contributed by atoms with Gasteiger partial charge in [-0.15, -0.1) is 0 Å². The average molecular weight is 370 g/mol. The molecule has 114 valence electrons. The van der Waals surface area contributed by atoms with Gasteiger partial charge in [-0.2, -0.15) is 5.10 Å². The van der Waals surface area contributed by atoms with Crippen molar-refractivity contribution in [2.24, 2.45) is 0 Å². The second-order valence-corrected chi connectivity index (χ2v) is 7.10. The van der Waals surface area contributed by atoms with Crippen molar-refractivity contribution in [1.29, 1.82) is 0 Å². The van der Waals surface area contributed by atoms with Crippen LogP contribution in [-0.4, -0.2) is 14.0 Å². The molecule has 1 aromatic heterocycles. The van der Waals surface area contributed by atoms with E-state index in [1.165, 1.54) is 0 Å². The number of nitrogens with zero attached hydrogens (tertiary/aromatic N) is 2. The molecule has 1 aromatic carbocycles. The molecule has 2 rings (SSSR count). The molecule has 4 nitrogen and oxygen atoms in total. The van der Waals surface area contributed by atoms with Gasteiger partial charge in [-0.05, 0) is 53.9 Å². The van der Waals surface area contributed by atoms with Crippen molar-refractivity contribution < 1.29 is 4.21 Å². The van der Waals surface area contributed by atoms with E-state index in [-0.39, 0.29) is 0 Å². The molecular weight excluding hydrogens is 350 g/mol. The molecule has 0 aliphatic heterocycles. The normalized spacial score (nSPS) is 12.6. The smallest absolute Gasteiger partial charge is 0.0767 e. The van der Waals surface area contributed by atoms with Crippen LogP contribution < -0.4 is 5.73 Å². The number of anilines is 1. The van der Waals surface area contributed by atoms with Crippen LogP contribution in [0.5, 0.6) is 0 Å². The van der Waals surface area contributed by atoms with Gasteiger partial charge in [-0.3, -0.25) is 8.89 Å². The Morgan fingerprint density at radius 1 is 1.38 bits per heavy atom. The Bertz CT molecular complexity index is 682. The van der Waals surface area contributed by atoms with E-state index < -0.39 is 10.8 Å². The number of aromatic nitrogens is 2. The maximum Gasteiger partial charge on any atom is 0.0767 e. The predicted molar refractivity (Wildman–Crippen MR) is 90.7 cm³/mol. The Morgan fingerprint density at radius 3 is 2.71 bits per heavy atom. The zero-order chi connectivity index (χ0) is 15.6. The number of nitrogen functional groups attached to an aromatic ring is 1. The first-order chi connectivity index (χ1) is 9.97. The van der Waals surface area contributed by atoms with Gasteiger partial charge in [0.05, 0.1) is 32.4 Å². The summed E-state index contributed by atoms with van der Waals surface area (Å²) in [5.74, 6) is 0.436. The third kappa shape index (κ3) is 3.37. The highest BCUT2D eigenvalue weighted by atomic mass is 79.9. The Hall–Kier alpha value is -1.14. The third-order valence-electron chi connectivity index (χ3n) is 3.42. The molecule has 2 N–H and O–H groups in total. The monoisotopic (exact) mass is 369 g/mol. The number of rotatable bonds is 5. The van der Waals surface area contributed by atoms with Crippen LogP contribution in [0.4, 0.5) is 5.69 Å². The molecule has 1 unspecified atom stereocenters. The molecule has 1 heterocycles. The molecule has 2 aromatic rings. The summed E-state index contributed by atoms with van der Waals surface area (Å²) in [7, 11) is -1.14. The number of aryl methyl sites for hydroxylation is 3. The summed E-state index contributed by atoms with van der Waals surface area (Å²) in [5, 5.41) is 4.54. The van der Waals surface area contributed by atoms with Gasteiger partial charge in [0.15, 0.2) is 0 Å². The van der Waals surface area contributed by atoms with Gasteiger partial charge in [0.25, 0.3) is 0 Å². The van der Waals surface area contributed by atoms with Crippen molar-refractivity contribution in [3.8, 4) is 0 Å². The highest BCUT2D eigenvalue weighted by Crippen LogP contribution is 2.26. The van der Waals surface area contributed by atoms with E-state index in [4.69, 9.17) is 5.73 Å². The fourth-order valence-electron chi connectivity index (χ4n) is 2.22. The Balaban J connectivity index is 2.35. The molecule has 6 heteroatoms. The minimum absolute atomic E-state index is 0.436. The molecule has 1 atom stereocenters. The predicted octanol–water partition coefficient (Wildman–Crippen LogP) is 3.43. The molecule has 0 bridgehead atoms. The van der Waals surface area contributed by atoms with Gasteiger partial charge in [0, 0.05) is 17.1 Å². The summed E-state index contributed by atoms with van der Waals surface area (Å²) in [6.07, 6.45) is 0.852. The van der Waals surface area contributed by atoms with Gasteiger partial charge in [0.2, 0.25) is 0 Å². The summed E-state index contributed by atoms with van der Waals surface area (Å²) in [4.78, 5) is 0.795. The zero-order valence-corrected chi connectivity index (χ0v) is 14.9. The fraction of sp³-hybridized carbons (Fsp3) is 0.400. The van der Waals surface area contributed by atoms with Gasteiger partial charge >= 0.3 is 0 Å². The van der Waals surface area contributed by atoms with Crippen molar-refractivity contribution in [1.82, 2.24) is 9.78 Å². The van der Waals surface area contributed by atoms with Crippen LogP contribution >= 0.6 is 15.9 Å². The van der Waals surface area contributed by atoms with Crippen molar-refractivity contribution in [3.05, 3.63) is 39.6 Å². The van der Waals surface area contributed by atoms with E-state index in [0.29, 0.717) is 11.4 Å². The van der Waals surface area contributed by atoms with Gasteiger partial charge in [0.1, 0.15) is 0 Å². The highest BCUT2D eigenvalue weighted by Gasteiger charge is 2.18. The van der Waals surface area contributed by atoms with Crippen molar-refractivity contribution in [2.75, 3.05) is 5.73 Å². The van der Waals surface area contributed by atoms with E-state index in [9.17, 15) is 4.21 Å². The van der Waals surface area contributed by atoms with E-state index in [1.54, 1.807) is 6.07 Å². The van der Waals surface area contributed by atoms with E-state index in [2.05, 4.69) is 28.0 Å². The molecule has 0 saturated carbocycles. The Labute approximate surface area is 136 Å². The summed E-state index contributed by atoms with van der Waals surface area (Å²) >= 11 is 3.59. The second kappa shape index (κ2) is 6.75. The van der Waals surface area contributed by atoms with Crippen molar-refractivity contribution in [2.45, 2.75) is 44.4 Å². The standard InChI is InChI=1S/C15H20BrN3OS/c1-4-12-15(16)13(19(5-2)18-12)9-21(20)14-8-11(17)7-6-10(14)3/h6-8H,4-5,9,17H2,1-3H3. The van der Waals surface area contributed by atoms with E-state index >= 15 is 0 Å². The van der Waals surface area contributed by atoms with Crippen LogP contribution in [0.2, 0.25) is 0 Å². The van der Waals surface area contributed by atoms with E-state index in [1.807, 2.05) is 30.7 Å². The van der Waals surface area contributed by atoms with Crippen LogP contribution in [0.3, 0.4) is 0 Å². The van der Waals surface area contributed by atoms with Crippen LogP contribution in [-0.2, 0) is 29.5 Å². The first kappa shape index (κ1) is 16.2. The molecule has 0 aliphatic carbocycles. The number of hydrogen-bond acceptors (Lipinski definition) is 3. The second-order valence-electron chi connectivity index (χ2n) is 4.89. The minimum atomic E-state index is -1.14. The van der Waals surface area contributed by atoms with Crippen molar-refractivity contribution in [3.63, 3.8) is 0 Å². The molecule has 0 saturated heterocycles. The summed E-state index contributed by atoms with van der Waals surface area (Å²) in [6, 6.07) is 5.54. The van der Waals surface area contributed by atoms with Gasteiger partial charge in [-0.25, -0.2) is 0 Å². The lowest BCUT2D eigenvalue weighted by atomic mass is 10.2.